The molecular formula is C7H7N3O. The van der Waals surface area contributed by atoms with Gasteiger partial charge in [0.25, 0.3) is 5.91 Å². The van der Waals surface area contributed by atoms with Gasteiger partial charge in [0.1, 0.15) is 5.69 Å². The fraction of sp³-hybridized carbons (Fsp3) is 0. The molecule has 0 bridgehead atoms. The first-order valence-corrected chi connectivity index (χ1v) is 3.01. The second kappa shape index (κ2) is 3.46. The van der Waals surface area contributed by atoms with Crippen molar-refractivity contribution >= 4 is 12.6 Å². The van der Waals surface area contributed by atoms with E-state index in [-0.39, 0.29) is 5.91 Å². The van der Waals surface area contributed by atoms with Crippen LogP contribution in [0.1, 0.15) is 10.5 Å². The number of pyridine rings is 1. The molecule has 1 rings (SSSR count). The maximum Gasteiger partial charge on any atom is 0.289 e. The summed E-state index contributed by atoms with van der Waals surface area (Å²) in [6, 6.07) is 5.06. The molecule has 0 saturated carbocycles. The molecule has 0 fully saturated rings. The number of amides is 1. The molecule has 1 aromatic heterocycles. The Balaban J connectivity index is 2.77. The SMILES string of the molecule is C=NNC(=O)c1ccccn1. The van der Waals surface area contributed by atoms with Crippen LogP contribution in [0.4, 0.5) is 0 Å². The average molecular weight is 149 g/mol. The van der Waals surface area contributed by atoms with E-state index in [9.17, 15) is 4.79 Å². The van der Waals surface area contributed by atoms with Crippen molar-refractivity contribution in [2.75, 3.05) is 0 Å². The summed E-state index contributed by atoms with van der Waals surface area (Å²) in [6.07, 6.45) is 1.54. The lowest BCUT2D eigenvalue weighted by Gasteiger charge is -1.95. The number of aromatic nitrogens is 1. The number of rotatable bonds is 2. The van der Waals surface area contributed by atoms with Crippen molar-refractivity contribution < 1.29 is 4.79 Å². The van der Waals surface area contributed by atoms with Gasteiger partial charge < -0.3 is 0 Å². The van der Waals surface area contributed by atoms with Gasteiger partial charge in [0.05, 0.1) is 0 Å². The van der Waals surface area contributed by atoms with E-state index in [4.69, 9.17) is 0 Å². The van der Waals surface area contributed by atoms with Crippen LogP contribution in [0.5, 0.6) is 0 Å². The molecule has 4 heteroatoms. The summed E-state index contributed by atoms with van der Waals surface area (Å²) >= 11 is 0. The second-order valence-corrected chi connectivity index (χ2v) is 1.81. The standard InChI is InChI=1S/C7H7N3O/c1-8-10-7(11)6-4-2-3-5-9-6/h2-5H,1H2,(H,10,11). The molecule has 0 aromatic carbocycles. The van der Waals surface area contributed by atoms with Gasteiger partial charge >= 0.3 is 0 Å². The second-order valence-electron chi connectivity index (χ2n) is 1.81. The van der Waals surface area contributed by atoms with Crippen molar-refractivity contribution in [2.24, 2.45) is 5.10 Å². The number of nitrogens with zero attached hydrogens (tertiary/aromatic N) is 2. The van der Waals surface area contributed by atoms with E-state index in [1.54, 1.807) is 18.2 Å². The first-order chi connectivity index (χ1) is 5.34. The molecule has 0 aliphatic rings. The zero-order valence-electron chi connectivity index (χ0n) is 5.82. The fourth-order valence-corrected chi connectivity index (χ4v) is 0.626. The van der Waals surface area contributed by atoms with Crippen molar-refractivity contribution in [3.05, 3.63) is 30.1 Å². The normalized spacial score (nSPS) is 8.73. The van der Waals surface area contributed by atoms with Gasteiger partial charge in [-0.1, -0.05) is 6.07 Å². The monoisotopic (exact) mass is 149 g/mol. The van der Waals surface area contributed by atoms with Crippen LogP contribution >= 0.6 is 0 Å². The molecule has 0 radical (unpaired) electrons. The number of hydrazone groups is 1. The third-order valence-electron chi connectivity index (χ3n) is 1.08. The van der Waals surface area contributed by atoms with E-state index >= 15 is 0 Å². The van der Waals surface area contributed by atoms with E-state index in [2.05, 4.69) is 22.2 Å². The van der Waals surface area contributed by atoms with Crippen LogP contribution < -0.4 is 5.43 Å². The van der Waals surface area contributed by atoms with Gasteiger partial charge in [-0.3, -0.25) is 9.78 Å². The summed E-state index contributed by atoms with van der Waals surface area (Å²) in [5.41, 5.74) is 2.51. The topological polar surface area (TPSA) is 54.4 Å². The number of carbonyl (C=O) groups excluding carboxylic acids is 1. The van der Waals surface area contributed by atoms with Crippen LogP contribution in [-0.2, 0) is 0 Å². The summed E-state index contributed by atoms with van der Waals surface area (Å²) in [4.78, 5) is 14.7. The van der Waals surface area contributed by atoms with Crippen molar-refractivity contribution in [3.8, 4) is 0 Å². The number of hydrogen-bond donors (Lipinski definition) is 1. The van der Waals surface area contributed by atoms with Gasteiger partial charge in [0.2, 0.25) is 0 Å². The molecule has 56 valence electrons. The van der Waals surface area contributed by atoms with Gasteiger partial charge in [-0.25, -0.2) is 5.43 Å². The summed E-state index contributed by atoms with van der Waals surface area (Å²) in [7, 11) is 0. The molecule has 1 amide bonds. The summed E-state index contributed by atoms with van der Waals surface area (Å²) in [6.45, 7) is 3.12. The number of carbonyl (C=O) groups is 1. The predicted octanol–water partition coefficient (Wildman–Crippen LogP) is 0.427. The van der Waals surface area contributed by atoms with Crippen LogP contribution in [0.2, 0.25) is 0 Å². The van der Waals surface area contributed by atoms with Crippen molar-refractivity contribution in [1.82, 2.24) is 10.4 Å². The highest BCUT2D eigenvalue weighted by Gasteiger charge is 2.02. The molecule has 0 unspecified atom stereocenters. The lowest BCUT2D eigenvalue weighted by atomic mass is 10.3. The molecule has 0 atom stereocenters. The van der Waals surface area contributed by atoms with Gasteiger partial charge in [-0.15, -0.1) is 0 Å². The Morgan fingerprint density at radius 2 is 2.45 bits per heavy atom. The highest BCUT2D eigenvalue weighted by molar-refractivity contribution is 5.91. The van der Waals surface area contributed by atoms with Crippen LogP contribution in [0.25, 0.3) is 0 Å². The molecular weight excluding hydrogens is 142 g/mol. The average Bonchev–Trinajstić information content (AvgIpc) is 2.07. The Hall–Kier alpha value is -1.71. The minimum Gasteiger partial charge on any atom is -0.266 e. The Morgan fingerprint density at radius 1 is 1.64 bits per heavy atom. The van der Waals surface area contributed by atoms with Crippen molar-refractivity contribution in [1.29, 1.82) is 0 Å². The van der Waals surface area contributed by atoms with E-state index in [0.717, 1.165) is 0 Å². The summed E-state index contributed by atoms with van der Waals surface area (Å²) in [5, 5.41) is 3.22. The van der Waals surface area contributed by atoms with Crippen LogP contribution in [0.15, 0.2) is 29.5 Å². The molecule has 11 heavy (non-hydrogen) atoms. The maximum absolute atomic E-state index is 10.9. The van der Waals surface area contributed by atoms with E-state index in [0.29, 0.717) is 5.69 Å². The minimum absolute atomic E-state index is 0.333. The molecule has 0 aliphatic carbocycles. The molecule has 0 saturated heterocycles. The highest BCUT2D eigenvalue weighted by atomic mass is 16.2. The summed E-state index contributed by atoms with van der Waals surface area (Å²) < 4.78 is 0. The highest BCUT2D eigenvalue weighted by Crippen LogP contribution is 1.91. The van der Waals surface area contributed by atoms with Crippen LogP contribution in [-0.4, -0.2) is 17.6 Å². The molecule has 4 nitrogen and oxygen atoms in total. The lowest BCUT2D eigenvalue weighted by molar-refractivity contribution is 0.0950. The van der Waals surface area contributed by atoms with E-state index in [1.165, 1.54) is 6.20 Å². The molecule has 0 aliphatic heterocycles. The molecule has 0 spiro atoms. The summed E-state index contributed by atoms with van der Waals surface area (Å²) in [5.74, 6) is -0.347. The van der Waals surface area contributed by atoms with Crippen LogP contribution in [0.3, 0.4) is 0 Å². The fourth-order valence-electron chi connectivity index (χ4n) is 0.626. The quantitative estimate of drug-likeness (QED) is 0.489. The Morgan fingerprint density at radius 3 is 3.00 bits per heavy atom. The zero-order chi connectivity index (χ0) is 8.10. The Kier molecular flexibility index (Phi) is 2.32. The number of hydrogen-bond acceptors (Lipinski definition) is 3. The van der Waals surface area contributed by atoms with Gasteiger partial charge in [0, 0.05) is 12.9 Å². The van der Waals surface area contributed by atoms with Crippen LogP contribution in [0, 0.1) is 0 Å². The van der Waals surface area contributed by atoms with Gasteiger partial charge in [-0.05, 0) is 12.1 Å². The van der Waals surface area contributed by atoms with E-state index in [1.807, 2.05) is 0 Å². The molecule has 1 heterocycles. The van der Waals surface area contributed by atoms with E-state index < -0.39 is 0 Å². The van der Waals surface area contributed by atoms with Gasteiger partial charge in [0.15, 0.2) is 0 Å². The first-order valence-electron chi connectivity index (χ1n) is 3.01. The maximum atomic E-state index is 10.9. The third kappa shape index (κ3) is 1.86. The zero-order valence-corrected chi connectivity index (χ0v) is 5.82. The van der Waals surface area contributed by atoms with Gasteiger partial charge in [-0.2, -0.15) is 5.10 Å². The lowest BCUT2D eigenvalue weighted by Crippen LogP contribution is -2.17. The third-order valence-corrected chi connectivity index (χ3v) is 1.08. The smallest absolute Gasteiger partial charge is 0.266 e. The Labute approximate surface area is 64.0 Å². The first kappa shape index (κ1) is 7.40. The molecule has 1 aromatic rings. The van der Waals surface area contributed by atoms with Crippen molar-refractivity contribution in [2.45, 2.75) is 0 Å². The number of nitrogens with one attached hydrogen (secondary N) is 1. The Bertz CT molecular complexity index is 258. The predicted molar refractivity (Wildman–Crippen MR) is 41.3 cm³/mol. The molecule has 1 N–H and O–H groups in total. The minimum atomic E-state index is -0.347. The van der Waals surface area contributed by atoms with Crippen molar-refractivity contribution in [3.63, 3.8) is 0 Å². The largest absolute Gasteiger partial charge is 0.289 e.